The van der Waals surface area contributed by atoms with E-state index in [4.69, 9.17) is 25.6 Å². The summed E-state index contributed by atoms with van der Waals surface area (Å²) in [5.41, 5.74) is -1.40. The van der Waals surface area contributed by atoms with Crippen molar-refractivity contribution in [3.05, 3.63) is 57.1 Å². The number of esters is 1. The zero-order valence-corrected chi connectivity index (χ0v) is 18.9. The third-order valence-electron chi connectivity index (χ3n) is 4.05. The van der Waals surface area contributed by atoms with Crippen LogP contribution in [0.4, 0.5) is 18.9 Å². The highest BCUT2D eigenvalue weighted by atomic mass is 35.5. The Labute approximate surface area is 190 Å². The van der Waals surface area contributed by atoms with Gasteiger partial charge in [-0.05, 0) is 24.3 Å². The van der Waals surface area contributed by atoms with Crippen molar-refractivity contribution in [2.45, 2.75) is 6.18 Å². The second-order valence-electron chi connectivity index (χ2n) is 6.57. The minimum absolute atomic E-state index is 0.00104. The van der Waals surface area contributed by atoms with Gasteiger partial charge in [-0.25, -0.2) is 4.79 Å². The first-order chi connectivity index (χ1) is 15.3. The van der Waals surface area contributed by atoms with Gasteiger partial charge < -0.3 is 18.7 Å². The average molecular weight is 512 g/mol. The number of nitro groups is 1. The lowest BCUT2D eigenvalue weighted by Crippen LogP contribution is -2.12. The molecule has 0 aliphatic heterocycles. The monoisotopic (exact) mass is 511 g/mol. The summed E-state index contributed by atoms with van der Waals surface area (Å²) in [6, 6.07) is 5.90. The number of nitrogens with zero attached hydrogens (tertiary/aromatic N) is 1. The Balaban J connectivity index is 2.14. The summed E-state index contributed by atoms with van der Waals surface area (Å²) >= 11 is 5.86. The molecule has 0 aliphatic rings. The SMILES string of the molecule is COC(=O)COP(C)(=O)CCOc1cc(Oc2ccc(C(F)(F)F)cc2Cl)ccc1[N+](=O)[O-]. The molecule has 0 spiro atoms. The van der Waals surface area contributed by atoms with Gasteiger partial charge in [0.1, 0.15) is 11.5 Å². The van der Waals surface area contributed by atoms with Gasteiger partial charge in [-0.15, -0.1) is 0 Å². The molecule has 33 heavy (non-hydrogen) atoms. The summed E-state index contributed by atoms with van der Waals surface area (Å²) in [7, 11) is -2.12. The molecule has 1 unspecified atom stereocenters. The van der Waals surface area contributed by atoms with Gasteiger partial charge >= 0.3 is 17.8 Å². The van der Waals surface area contributed by atoms with E-state index < -0.39 is 42.3 Å². The van der Waals surface area contributed by atoms with Crippen molar-refractivity contribution in [2.24, 2.45) is 0 Å². The first kappa shape index (κ1) is 26.4. The van der Waals surface area contributed by atoms with Crippen LogP contribution in [0.5, 0.6) is 17.2 Å². The quantitative estimate of drug-likeness (QED) is 0.177. The maximum atomic E-state index is 12.8. The molecule has 0 radical (unpaired) electrons. The van der Waals surface area contributed by atoms with Crippen LogP contribution in [0.3, 0.4) is 0 Å². The number of carbonyl (C=O) groups is 1. The van der Waals surface area contributed by atoms with E-state index in [1.807, 2.05) is 0 Å². The van der Waals surface area contributed by atoms with E-state index in [0.29, 0.717) is 6.07 Å². The van der Waals surface area contributed by atoms with Gasteiger partial charge in [0, 0.05) is 18.8 Å². The van der Waals surface area contributed by atoms with Crippen molar-refractivity contribution in [1.29, 1.82) is 0 Å². The number of halogens is 4. The number of carbonyl (C=O) groups excluding carboxylic acids is 1. The summed E-state index contributed by atoms with van der Waals surface area (Å²) in [4.78, 5) is 21.7. The van der Waals surface area contributed by atoms with Crippen LogP contribution in [0.2, 0.25) is 5.02 Å². The summed E-state index contributed by atoms with van der Waals surface area (Å²) < 4.78 is 70.8. The molecule has 180 valence electrons. The van der Waals surface area contributed by atoms with Gasteiger partial charge in [-0.3, -0.25) is 14.7 Å². The van der Waals surface area contributed by atoms with Crippen LogP contribution in [-0.4, -0.2) is 44.0 Å². The van der Waals surface area contributed by atoms with Crippen LogP contribution in [0, 0.1) is 10.1 Å². The average Bonchev–Trinajstić information content (AvgIpc) is 2.72. The molecule has 0 saturated carbocycles. The topological polar surface area (TPSA) is 114 Å². The predicted octanol–water partition coefficient (Wildman–Crippen LogP) is 5.54. The molecule has 0 N–H and O–H groups in total. The molecule has 0 heterocycles. The minimum atomic E-state index is -4.59. The molecule has 2 aromatic rings. The van der Waals surface area contributed by atoms with Gasteiger partial charge in [0.25, 0.3) is 0 Å². The lowest BCUT2D eigenvalue weighted by atomic mass is 10.2. The smallest absolute Gasteiger partial charge is 0.416 e. The van der Waals surface area contributed by atoms with Crippen molar-refractivity contribution >= 4 is 30.6 Å². The van der Waals surface area contributed by atoms with E-state index in [-0.39, 0.29) is 35.0 Å². The normalized spacial score (nSPS) is 13.2. The maximum Gasteiger partial charge on any atom is 0.416 e. The zero-order chi connectivity index (χ0) is 24.8. The maximum absolute atomic E-state index is 12.8. The number of methoxy groups -OCH3 is 1. The number of rotatable bonds is 10. The third-order valence-corrected chi connectivity index (χ3v) is 6.02. The van der Waals surface area contributed by atoms with E-state index in [2.05, 4.69) is 4.74 Å². The molecule has 0 aliphatic carbocycles. The highest BCUT2D eigenvalue weighted by Crippen LogP contribution is 2.43. The second kappa shape index (κ2) is 10.9. The van der Waals surface area contributed by atoms with Crippen molar-refractivity contribution in [3.63, 3.8) is 0 Å². The Morgan fingerprint density at radius 1 is 1.18 bits per heavy atom. The molecule has 2 rings (SSSR count). The van der Waals surface area contributed by atoms with Crippen molar-refractivity contribution in [1.82, 2.24) is 0 Å². The fourth-order valence-corrected chi connectivity index (χ4v) is 3.50. The van der Waals surface area contributed by atoms with E-state index in [1.165, 1.54) is 12.7 Å². The molecule has 2 aromatic carbocycles. The van der Waals surface area contributed by atoms with Gasteiger partial charge in [0.15, 0.2) is 6.61 Å². The number of ether oxygens (including phenoxy) is 3. The Hall–Kier alpha value is -2.82. The molecule has 0 aromatic heterocycles. The molecule has 0 amide bonds. The first-order valence-corrected chi connectivity index (χ1v) is 11.7. The summed E-state index contributed by atoms with van der Waals surface area (Å²) in [5.74, 6) is -1.08. The fourth-order valence-electron chi connectivity index (χ4n) is 2.35. The highest BCUT2D eigenvalue weighted by Gasteiger charge is 2.31. The zero-order valence-electron chi connectivity index (χ0n) is 17.3. The van der Waals surface area contributed by atoms with Crippen LogP contribution in [0.1, 0.15) is 5.56 Å². The number of hydrogen-bond acceptors (Lipinski definition) is 8. The summed E-state index contributed by atoms with van der Waals surface area (Å²) in [6.07, 6.45) is -4.76. The van der Waals surface area contributed by atoms with Crippen LogP contribution in [-0.2, 0) is 24.8 Å². The number of hydrogen-bond donors (Lipinski definition) is 0. The molecule has 0 saturated heterocycles. The lowest BCUT2D eigenvalue weighted by Gasteiger charge is -2.15. The molecule has 1 atom stereocenters. The van der Waals surface area contributed by atoms with Gasteiger partial charge in [0.05, 0.1) is 35.4 Å². The number of nitro benzene ring substituents is 1. The molecule has 0 fully saturated rings. The molecule has 0 bridgehead atoms. The minimum Gasteiger partial charge on any atom is -0.486 e. The van der Waals surface area contributed by atoms with E-state index in [0.717, 1.165) is 31.4 Å². The second-order valence-corrected chi connectivity index (χ2v) is 9.71. The van der Waals surface area contributed by atoms with Crippen LogP contribution < -0.4 is 9.47 Å². The fraction of sp³-hybridized carbons (Fsp3) is 0.316. The largest absolute Gasteiger partial charge is 0.486 e. The molecular weight excluding hydrogens is 494 g/mol. The van der Waals surface area contributed by atoms with E-state index >= 15 is 0 Å². The summed E-state index contributed by atoms with van der Waals surface area (Å²) in [6.45, 7) is 0.474. The van der Waals surface area contributed by atoms with Crippen LogP contribution >= 0.6 is 19.0 Å². The van der Waals surface area contributed by atoms with E-state index in [1.54, 1.807) is 0 Å². The lowest BCUT2D eigenvalue weighted by molar-refractivity contribution is -0.385. The van der Waals surface area contributed by atoms with Gasteiger partial charge in [0.2, 0.25) is 13.1 Å². The van der Waals surface area contributed by atoms with Crippen LogP contribution in [0.25, 0.3) is 0 Å². The van der Waals surface area contributed by atoms with Crippen molar-refractivity contribution < 1.29 is 46.2 Å². The highest BCUT2D eigenvalue weighted by molar-refractivity contribution is 7.58. The number of alkyl halides is 3. The molecule has 9 nitrogen and oxygen atoms in total. The molecular formula is C19H18ClF3NO8P. The molecule has 14 heteroatoms. The standard InChI is InChI=1S/C19H18ClF3NO8P/c1-29-18(25)11-31-33(2,28)8-7-30-17-10-13(4-5-15(17)24(26)27)32-16-6-3-12(9-14(16)20)19(21,22)23/h3-6,9-10H,7-8,11H2,1-2H3. The van der Waals surface area contributed by atoms with Crippen molar-refractivity contribution in [3.8, 4) is 17.2 Å². The summed E-state index contributed by atoms with van der Waals surface area (Å²) in [5, 5.41) is 11.0. The Morgan fingerprint density at radius 2 is 1.88 bits per heavy atom. The Bertz CT molecular complexity index is 1080. The first-order valence-electron chi connectivity index (χ1n) is 9.06. The van der Waals surface area contributed by atoms with Gasteiger partial charge in [-0.1, -0.05) is 11.6 Å². The van der Waals surface area contributed by atoms with E-state index in [9.17, 15) is 32.6 Å². The third kappa shape index (κ3) is 7.92. The predicted molar refractivity (Wildman–Crippen MR) is 111 cm³/mol. The van der Waals surface area contributed by atoms with Gasteiger partial charge in [-0.2, -0.15) is 13.2 Å². The Kier molecular flexibility index (Phi) is 8.70. The van der Waals surface area contributed by atoms with Crippen molar-refractivity contribution in [2.75, 3.05) is 33.2 Å². The Morgan fingerprint density at radius 3 is 2.45 bits per heavy atom. The number of benzene rings is 2. The van der Waals surface area contributed by atoms with Crippen LogP contribution in [0.15, 0.2) is 36.4 Å².